The molecule has 1 saturated heterocycles. The maximum absolute atomic E-state index is 12.7. The van der Waals surface area contributed by atoms with E-state index in [1.165, 1.54) is 4.57 Å². The number of halogens is 1. The molecule has 8 nitrogen and oxygen atoms in total. The lowest BCUT2D eigenvalue weighted by Crippen LogP contribution is -2.47. The number of anilines is 1. The second-order valence-electron chi connectivity index (χ2n) is 7.84. The minimum atomic E-state index is -0.474. The Morgan fingerprint density at radius 1 is 1.23 bits per heavy atom. The smallest absolute Gasteiger partial charge is 0.329 e. The van der Waals surface area contributed by atoms with Crippen LogP contribution >= 0.6 is 11.6 Å². The Kier molecular flexibility index (Phi) is 5.53. The summed E-state index contributed by atoms with van der Waals surface area (Å²) < 4.78 is 3.26. The molecule has 0 atom stereocenters. The zero-order valence-corrected chi connectivity index (χ0v) is 17.9. The highest BCUT2D eigenvalue weighted by Crippen LogP contribution is 2.23. The SMILES string of the molecule is C=C(C)CN1CCN(c2nc3c(c(=O)[nH]c(=O)n3C)n2Cc2cccc(Cl)c2)CC1. The predicted octanol–water partition coefficient (Wildman–Crippen LogP) is 1.82. The summed E-state index contributed by atoms with van der Waals surface area (Å²) in [5.74, 6) is 0.687. The van der Waals surface area contributed by atoms with Gasteiger partial charge in [-0.15, -0.1) is 0 Å². The molecule has 30 heavy (non-hydrogen) atoms. The summed E-state index contributed by atoms with van der Waals surface area (Å²) in [7, 11) is 1.62. The van der Waals surface area contributed by atoms with Crippen molar-refractivity contribution in [1.29, 1.82) is 0 Å². The molecule has 9 heteroatoms. The van der Waals surface area contributed by atoms with Gasteiger partial charge < -0.3 is 4.90 Å². The number of aryl methyl sites for hydroxylation is 1. The monoisotopic (exact) mass is 428 g/mol. The van der Waals surface area contributed by atoms with E-state index in [0.717, 1.165) is 43.9 Å². The highest BCUT2D eigenvalue weighted by Gasteiger charge is 2.25. The molecule has 1 aliphatic rings. The Hall–Kier alpha value is -2.84. The summed E-state index contributed by atoms with van der Waals surface area (Å²) >= 11 is 6.17. The van der Waals surface area contributed by atoms with E-state index in [0.29, 0.717) is 28.7 Å². The van der Waals surface area contributed by atoms with Gasteiger partial charge in [0.15, 0.2) is 11.2 Å². The summed E-state index contributed by atoms with van der Waals surface area (Å²) in [6.07, 6.45) is 0. The van der Waals surface area contributed by atoms with Gasteiger partial charge in [0.25, 0.3) is 5.56 Å². The van der Waals surface area contributed by atoms with Crippen molar-refractivity contribution in [2.75, 3.05) is 37.6 Å². The fourth-order valence-electron chi connectivity index (χ4n) is 3.92. The van der Waals surface area contributed by atoms with Crippen LogP contribution in [0, 0.1) is 0 Å². The van der Waals surface area contributed by atoms with Crippen molar-refractivity contribution in [3.8, 4) is 0 Å². The van der Waals surface area contributed by atoms with Crippen LogP contribution < -0.4 is 16.1 Å². The van der Waals surface area contributed by atoms with Crippen LogP contribution in [0.2, 0.25) is 5.02 Å². The number of piperazine rings is 1. The summed E-state index contributed by atoms with van der Waals surface area (Å²) in [6.45, 7) is 10.6. The maximum Gasteiger partial charge on any atom is 0.329 e. The standard InChI is InChI=1S/C21H25ClN6O2/c1-14(2)12-26-7-9-27(10-8-26)20-23-18-17(19(29)24-21(30)25(18)3)28(20)13-15-5-4-6-16(22)11-15/h4-6,11H,1,7-10,12-13H2,2-3H3,(H,24,29,30). The van der Waals surface area contributed by atoms with Gasteiger partial charge in [0, 0.05) is 44.8 Å². The molecule has 0 amide bonds. The fraction of sp³-hybridized carbons (Fsp3) is 0.381. The van der Waals surface area contributed by atoms with E-state index < -0.39 is 11.2 Å². The normalized spacial score (nSPS) is 15.1. The summed E-state index contributed by atoms with van der Waals surface area (Å²) in [5, 5.41) is 0.633. The predicted molar refractivity (Wildman–Crippen MR) is 120 cm³/mol. The molecule has 3 aromatic rings. The van der Waals surface area contributed by atoms with E-state index in [9.17, 15) is 9.59 Å². The van der Waals surface area contributed by atoms with Gasteiger partial charge in [-0.2, -0.15) is 4.98 Å². The zero-order chi connectivity index (χ0) is 21.4. The van der Waals surface area contributed by atoms with Crippen molar-refractivity contribution in [3.05, 3.63) is 67.8 Å². The lowest BCUT2D eigenvalue weighted by molar-refractivity contribution is 0.276. The molecule has 1 aromatic carbocycles. The topological polar surface area (TPSA) is 79.2 Å². The number of hydrogen-bond acceptors (Lipinski definition) is 5. The van der Waals surface area contributed by atoms with Crippen molar-refractivity contribution < 1.29 is 0 Å². The molecular weight excluding hydrogens is 404 g/mol. The van der Waals surface area contributed by atoms with Gasteiger partial charge in [-0.25, -0.2) is 4.79 Å². The molecule has 0 unspecified atom stereocenters. The largest absolute Gasteiger partial charge is 0.340 e. The third kappa shape index (κ3) is 3.93. The number of fused-ring (bicyclic) bond motifs is 1. The van der Waals surface area contributed by atoms with Crippen molar-refractivity contribution in [1.82, 2.24) is 24.0 Å². The van der Waals surface area contributed by atoms with Crippen LogP contribution in [0.4, 0.5) is 5.95 Å². The van der Waals surface area contributed by atoms with Crippen molar-refractivity contribution in [3.63, 3.8) is 0 Å². The lowest BCUT2D eigenvalue weighted by Gasteiger charge is -2.35. The van der Waals surface area contributed by atoms with Crippen LogP contribution in [-0.4, -0.2) is 56.7 Å². The molecule has 4 rings (SSSR count). The van der Waals surface area contributed by atoms with E-state index in [2.05, 4.69) is 21.4 Å². The van der Waals surface area contributed by atoms with Crippen LogP contribution in [-0.2, 0) is 13.6 Å². The number of H-pyrrole nitrogens is 1. The number of nitrogens with zero attached hydrogens (tertiary/aromatic N) is 5. The number of imidazole rings is 1. The summed E-state index contributed by atoms with van der Waals surface area (Å²) in [6, 6.07) is 7.53. The van der Waals surface area contributed by atoms with Gasteiger partial charge in [0.1, 0.15) is 0 Å². The first-order chi connectivity index (χ1) is 14.3. The minimum Gasteiger partial charge on any atom is -0.340 e. The van der Waals surface area contributed by atoms with Gasteiger partial charge in [-0.3, -0.25) is 23.8 Å². The minimum absolute atomic E-state index is 0.380. The van der Waals surface area contributed by atoms with Crippen LogP contribution in [0.3, 0.4) is 0 Å². The van der Waals surface area contributed by atoms with E-state index in [1.54, 1.807) is 7.05 Å². The Morgan fingerprint density at radius 2 is 1.97 bits per heavy atom. The van der Waals surface area contributed by atoms with Gasteiger partial charge in [-0.1, -0.05) is 35.9 Å². The Labute approximate surface area is 179 Å². The zero-order valence-electron chi connectivity index (χ0n) is 17.2. The maximum atomic E-state index is 12.7. The highest BCUT2D eigenvalue weighted by atomic mass is 35.5. The highest BCUT2D eigenvalue weighted by molar-refractivity contribution is 6.30. The number of hydrogen-bond donors (Lipinski definition) is 1. The summed E-state index contributed by atoms with van der Waals surface area (Å²) in [5.41, 5.74) is 1.95. The molecule has 0 saturated carbocycles. The summed E-state index contributed by atoms with van der Waals surface area (Å²) in [4.78, 5) is 36.5. The van der Waals surface area contributed by atoms with Gasteiger partial charge >= 0.3 is 5.69 Å². The molecule has 1 fully saturated rings. The Bertz CT molecular complexity index is 1220. The van der Waals surface area contributed by atoms with Gasteiger partial charge in [0.05, 0.1) is 6.54 Å². The third-order valence-corrected chi connectivity index (χ3v) is 5.60. The van der Waals surface area contributed by atoms with Crippen LogP contribution in [0.15, 0.2) is 46.0 Å². The number of nitrogens with one attached hydrogen (secondary N) is 1. The van der Waals surface area contributed by atoms with Crippen molar-refractivity contribution in [2.24, 2.45) is 7.05 Å². The van der Waals surface area contributed by atoms with E-state index in [4.69, 9.17) is 16.6 Å². The van der Waals surface area contributed by atoms with Crippen LogP contribution in [0.5, 0.6) is 0 Å². The van der Waals surface area contributed by atoms with Crippen LogP contribution in [0.25, 0.3) is 11.2 Å². The number of rotatable bonds is 5. The van der Waals surface area contributed by atoms with E-state index >= 15 is 0 Å². The van der Waals surface area contributed by atoms with E-state index in [1.807, 2.05) is 35.8 Å². The number of aromatic amines is 1. The van der Waals surface area contributed by atoms with Gasteiger partial charge in [-0.05, 0) is 24.6 Å². The Morgan fingerprint density at radius 3 is 2.63 bits per heavy atom. The molecule has 1 aliphatic heterocycles. The second-order valence-corrected chi connectivity index (χ2v) is 8.28. The number of aromatic nitrogens is 4. The fourth-order valence-corrected chi connectivity index (χ4v) is 4.13. The lowest BCUT2D eigenvalue weighted by atomic mass is 10.2. The van der Waals surface area contributed by atoms with Crippen molar-refractivity contribution >= 4 is 28.7 Å². The van der Waals surface area contributed by atoms with Gasteiger partial charge in [0.2, 0.25) is 5.95 Å². The molecule has 3 heterocycles. The first-order valence-corrected chi connectivity index (χ1v) is 10.3. The number of benzene rings is 1. The molecule has 0 aliphatic carbocycles. The van der Waals surface area contributed by atoms with Crippen LogP contribution in [0.1, 0.15) is 12.5 Å². The second kappa shape index (κ2) is 8.12. The Balaban J connectivity index is 1.78. The molecule has 0 radical (unpaired) electrons. The molecule has 158 valence electrons. The molecule has 2 aromatic heterocycles. The third-order valence-electron chi connectivity index (χ3n) is 5.37. The first kappa shape index (κ1) is 20.4. The van der Waals surface area contributed by atoms with E-state index in [-0.39, 0.29) is 0 Å². The quantitative estimate of drug-likeness (QED) is 0.627. The molecule has 0 spiro atoms. The average molecular weight is 429 g/mol. The molecule has 0 bridgehead atoms. The van der Waals surface area contributed by atoms with Crippen molar-refractivity contribution in [2.45, 2.75) is 13.5 Å². The average Bonchev–Trinajstić information content (AvgIpc) is 3.06. The molecule has 1 N–H and O–H groups in total. The molecular formula is C21H25ClN6O2. The first-order valence-electron chi connectivity index (χ1n) is 9.89.